The highest BCUT2D eigenvalue weighted by Gasteiger charge is 2.26. The lowest BCUT2D eigenvalue weighted by Gasteiger charge is -2.34. The van der Waals surface area contributed by atoms with Crippen LogP contribution in [0.1, 0.15) is 37.1 Å². The van der Waals surface area contributed by atoms with E-state index in [1.54, 1.807) is 0 Å². The van der Waals surface area contributed by atoms with Gasteiger partial charge in [0.25, 0.3) is 0 Å². The maximum absolute atomic E-state index is 6.42. The van der Waals surface area contributed by atoms with E-state index in [0.29, 0.717) is 11.4 Å². The molecule has 1 saturated carbocycles. The van der Waals surface area contributed by atoms with Crippen molar-refractivity contribution < 1.29 is 0 Å². The van der Waals surface area contributed by atoms with Crippen LogP contribution >= 0.6 is 11.6 Å². The van der Waals surface area contributed by atoms with E-state index in [2.05, 4.69) is 23.1 Å². The summed E-state index contributed by atoms with van der Waals surface area (Å²) in [5.41, 5.74) is 2.35. The summed E-state index contributed by atoms with van der Waals surface area (Å²) >= 11 is 6.42. The molecule has 1 aliphatic rings. The first-order chi connectivity index (χ1) is 8.08. The van der Waals surface area contributed by atoms with Crippen LogP contribution in [0.15, 0.2) is 6.07 Å². The van der Waals surface area contributed by atoms with Crippen LogP contribution in [0.25, 0.3) is 0 Å². The third-order valence-electron chi connectivity index (χ3n) is 3.72. The average Bonchev–Trinajstić information content (AvgIpc) is 2.58. The summed E-state index contributed by atoms with van der Waals surface area (Å²) in [6.45, 7) is 2.97. The molecule has 3 nitrogen and oxygen atoms in total. The first-order valence-corrected chi connectivity index (χ1v) is 6.85. The normalized spacial score (nSPS) is 25.5. The topological polar surface area (TPSA) is 21.1 Å². The Kier molecular flexibility index (Phi) is 4.10. The van der Waals surface area contributed by atoms with Gasteiger partial charge in [-0.1, -0.05) is 12.8 Å². The van der Waals surface area contributed by atoms with Crippen LogP contribution in [-0.2, 0) is 13.6 Å². The van der Waals surface area contributed by atoms with Gasteiger partial charge in [0.15, 0.2) is 0 Å². The molecule has 1 aromatic rings. The van der Waals surface area contributed by atoms with Crippen LogP contribution in [0, 0.1) is 6.92 Å². The minimum absolute atomic E-state index is 0.308. The molecule has 0 amide bonds. The molecule has 0 spiro atoms. The lowest BCUT2D eigenvalue weighted by Crippen LogP contribution is -2.40. The summed E-state index contributed by atoms with van der Waals surface area (Å²) in [5, 5.41) is 4.69. The highest BCUT2D eigenvalue weighted by Crippen LogP contribution is 2.27. The van der Waals surface area contributed by atoms with E-state index in [-0.39, 0.29) is 0 Å². The van der Waals surface area contributed by atoms with E-state index in [0.717, 1.165) is 18.7 Å². The van der Waals surface area contributed by atoms with E-state index < -0.39 is 0 Å². The predicted molar refractivity (Wildman–Crippen MR) is 71.3 cm³/mol. The zero-order valence-electron chi connectivity index (χ0n) is 11.0. The molecular formula is C13H22ClN3. The Labute approximate surface area is 109 Å². The second kappa shape index (κ2) is 5.40. The maximum atomic E-state index is 6.42. The lowest BCUT2D eigenvalue weighted by molar-refractivity contribution is 0.184. The van der Waals surface area contributed by atoms with Gasteiger partial charge in [0.2, 0.25) is 0 Å². The van der Waals surface area contributed by atoms with Crippen molar-refractivity contribution in [2.45, 2.75) is 50.6 Å². The van der Waals surface area contributed by atoms with Crippen LogP contribution < -0.4 is 0 Å². The molecule has 1 fully saturated rings. The Bertz CT molecular complexity index is 375. The van der Waals surface area contributed by atoms with Crippen LogP contribution in [0.4, 0.5) is 0 Å². The molecule has 1 heterocycles. The first-order valence-electron chi connectivity index (χ1n) is 6.42. The van der Waals surface area contributed by atoms with Crippen LogP contribution in [-0.4, -0.2) is 33.1 Å². The highest BCUT2D eigenvalue weighted by molar-refractivity contribution is 6.21. The van der Waals surface area contributed by atoms with Crippen molar-refractivity contribution in [3.8, 4) is 0 Å². The number of hydrogen-bond acceptors (Lipinski definition) is 2. The van der Waals surface area contributed by atoms with Crippen molar-refractivity contribution in [3.05, 3.63) is 17.5 Å². The molecule has 4 heteroatoms. The summed E-state index contributed by atoms with van der Waals surface area (Å²) in [4.78, 5) is 2.38. The monoisotopic (exact) mass is 255 g/mol. The zero-order valence-corrected chi connectivity index (χ0v) is 11.7. The van der Waals surface area contributed by atoms with Crippen molar-refractivity contribution in [1.29, 1.82) is 0 Å². The quantitative estimate of drug-likeness (QED) is 0.775. The second-order valence-corrected chi connectivity index (χ2v) is 5.74. The molecule has 2 unspecified atom stereocenters. The van der Waals surface area contributed by atoms with Gasteiger partial charge in [-0.05, 0) is 32.9 Å². The number of alkyl halides is 1. The molecule has 0 bridgehead atoms. The fourth-order valence-electron chi connectivity index (χ4n) is 2.75. The molecule has 1 aromatic heterocycles. The van der Waals surface area contributed by atoms with E-state index in [4.69, 9.17) is 11.6 Å². The van der Waals surface area contributed by atoms with Gasteiger partial charge in [-0.3, -0.25) is 9.58 Å². The molecule has 2 rings (SSSR count). The molecule has 0 saturated heterocycles. The SMILES string of the molecule is Cc1cc(CN(C)C2CCCCC2Cl)n(C)n1. The van der Waals surface area contributed by atoms with Gasteiger partial charge in [-0.25, -0.2) is 0 Å². The third kappa shape index (κ3) is 3.02. The Balaban J connectivity index is 2.00. The van der Waals surface area contributed by atoms with Crippen LogP contribution in [0.2, 0.25) is 0 Å². The Morgan fingerprint density at radius 2 is 2.18 bits per heavy atom. The van der Waals surface area contributed by atoms with Crippen molar-refractivity contribution in [3.63, 3.8) is 0 Å². The minimum atomic E-state index is 0.308. The number of aromatic nitrogens is 2. The number of hydrogen-bond donors (Lipinski definition) is 0. The summed E-state index contributed by atoms with van der Waals surface area (Å²) in [6, 6.07) is 2.67. The zero-order chi connectivity index (χ0) is 12.4. The summed E-state index contributed by atoms with van der Waals surface area (Å²) < 4.78 is 1.97. The van der Waals surface area contributed by atoms with Crippen molar-refractivity contribution in [1.82, 2.24) is 14.7 Å². The number of nitrogens with zero attached hydrogens (tertiary/aromatic N) is 3. The van der Waals surface area contributed by atoms with E-state index in [1.807, 2.05) is 18.7 Å². The van der Waals surface area contributed by atoms with Crippen LogP contribution in [0.3, 0.4) is 0 Å². The van der Waals surface area contributed by atoms with Crippen molar-refractivity contribution in [2.24, 2.45) is 7.05 Å². The predicted octanol–water partition coefficient (Wildman–Crippen LogP) is 2.71. The van der Waals surface area contributed by atoms with Gasteiger partial charge in [0.1, 0.15) is 0 Å². The Hall–Kier alpha value is -0.540. The van der Waals surface area contributed by atoms with Gasteiger partial charge in [0, 0.05) is 25.0 Å². The van der Waals surface area contributed by atoms with E-state index in [9.17, 15) is 0 Å². The first kappa shape index (κ1) is 12.9. The van der Waals surface area contributed by atoms with Gasteiger partial charge in [0.05, 0.1) is 11.4 Å². The molecule has 1 aliphatic carbocycles. The molecular weight excluding hydrogens is 234 g/mol. The Morgan fingerprint density at radius 3 is 2.76 bits per heavy atom. The fourth-order valence-corrected chi connectivity index (χ4v) is 3.22. The molecule has 96 valence electrons. The third-order valence-corrected chi connectivity index (χ3v) is 4.23. The number of aryl methyl sites for hydroxylation is 2. The molecule has 2 atom stereocenters. The largest absolute Gasteiger partial charge is 0.296 e. The molecule has 17 heavy (non-hydrogen) atoms. The summed E-state index contributed by atoms with van der Waals surface area (Å²) in [7, 11) is 4.18. The maximum Gasteiger partial charge on any atom is 0.0597 e. The lowest BCUT2D eigenvalue weighted by atomic mass is 9.94. The van der Waals surface area contributed by atoms with Gasteiger partial charge >= 0.3 is 0 Å². The summed E-state index contributed by atoms with van der Waals surface area (Å²) in [6.07, 6.45) is 4.97. The number of halogens is 1. The number of rotatable bonds is 3. The minimum Gasteiger partial charge on any atom is -0.296 e. The van der Waals surface area contributed by atoms with Crippen LogP contribution in [0.5, 0.6) is 0 Å². The van der Waals surface area contributed by atoms with Crippen molar-refractivity contribution >= 4 is 11.6 Å². The highest BCUT2D eigenvalue weighted by atomic mass is 35.5. The van der Waals surface area contributed by atoms with Crippen molar-refractivity contribution in [2.75, 3.05) is 7.05 Å². The average molecular weight is 256 g/mol. The standard InChI is InChI=1S/C13H22ClN3/c1-10-8-11(17(3)15-10)9-16(2)13-7-5-4-6-12(13)14/h8,12-13H,4-7,9H2,1-3H3. The van der Waals surface area contributed by atoms with E-state index in [1.165, 1.54) is 25.0 Å². The second-order valence-electron chi connectivity index (χ2n) is 5.18. The summed E-state index contributed by atoms with van der Waals surface area (Å²) in [5.74, 6) is 0. The van der Waals surface area contributed by atoms with Gasteiger partial charge < -0.3 is 0 Å². The van der Waals surface area contributed by atoms with Gasteiger partial charge in [-0.2, -0.15) is 5.10 Å². The molecule has 0 radical (unpaired) electrons. The van der Waals surface area contributed by atoms with Gasteiger partial charge in [-0.15, -0.1) is 11.6 Å². The molecule has 0 aromatic carbocycles. The van der Waals surface area contributed by atoms with E-state index >= 15 is 0 Å². The smallest absolute Gasteiger partial charge is 0.0597 e. The Morgan fingerprint density at radius 1 is 1.47 bits per heavy atom. The molecule has 0 N–H and O–H groups in total. The fraction of sp³-hybridized carbons (Fsp3) is 0.769. The molecule has 0 aliphatic heterocycles.